The van der Waals surface area contributed by atoms with E-state index in [1.807, 2.05) is 37.3 Å². The average molecular weight is 435 g/mol. The molecule has 0 radical (unpaired) electrons. The summed E-state index contributed by atoms with van der Waals surface area (Å²) in [6.07, 6.45) is 1.49. The fraction of sp³-hybridized carbons (Fsp3) is 0.200. The highest BCUT2D eigenvalue weighted by atomic mass is 35.5. The number of halogens is 1. The molecule has 6 heteroatoms. The Balaban J connectivity index is 1.73. The lowest BCUT2D eigenvalue weighted by molar-refractivity contribution is 0.0696. The molecule has 4 aromatic rings. The number of pyridine rings is 1. The summed E-state index contributed by atoms with van der Waals surface area (Å²) in [5.41, 5.74) is 4.75. The van der Waals surface area contributed by atoms with Gasteiger partial charge in [0.15, 0.2) is 5.76 Å². The van der Waals surface area contributed by atoms with Gasteiger partial charge in [0.2, 0.25) is 0 Å². The van der Waals surface area contributed by atoms with Crippen LogP contribution in [0.5, 0.6) is 5.75 Å². The van der Waals surface area contributed by atoms with E-state index >= 15 is 0 Å². The standard InChI is InChI=1S/C25H23ClN2O3/c1-16-11-17(2)23-19(12-16)13-20(24(26)27-23)15-28(25(29)22-9-6-10-31-22)14-18-7-4-5-8-21(18)30-3/h4-13H,14-15H2,1-3H3. The van der Waals surface area contributed by atoms with Gasteiger partial charge in [-0.3, -0.25) is 4.79 Å². The predicted octanol–water partition coefficient (Wildman–Crippen LogP) is 5.95. The van der Waals surface area contributed by atoms with E-state index in [1.165, 1.54) is 6.26 Å². The third kappa shape index (κ3) is 4.42. The van der Waals surface area contributed by atoms with Crippen LogP contribution in [0.15, 0.2) is 65.3 Å². The van der Waals surface area contributed by atoms with E-state index < -0.39 is 0 Å². The highest BCUT2D eigenvalue weighted by molar-refractivity contribution is 6.30. The molecule has 2 aromatic heterocycles. The molecule has 0 fully saturated rings. The first kappa shape index (κ1) is 20.9. The smallest absolute Gasteiger partial charge is 0.290 e. The van der Waals surface area contributed by atoms with Gasteiger partial charge in [-0.1, -0.05) is 41.4 Å². The number of nitrogens with zero attached hydrogens (tertiary/aromatic N) is 2. The molecule has 158 valence electrons. The molecule has 4 rings (SSSR count). The van der Waals surface area contributed by atoms with Crippen molar-refractivity contribution in [2.45, 2.75) is 26.9 Å². The first-order valence-corrected chi connectivity index (χ1v) is 10.3. The largest absolute Gasteiger partial charge is 0.496 e. The van der Waals surface area contributed by atoms with Crippen molar-refractivity contribution in [2.24, 2.45) is 0 Å². The maximum atomic E-state index is 13.2. The van der Waals surface area contributed by atoms with Gasteiger partial charge in [-0.15, -0.1) is 0 Å². The van der Waals surface area contributed by atoms with Crippen LogP contribution >= 0.6 is 11.6 Å². The normalized spacial score (nSPS) is 11.0. The van der Waals surface area contributed by atoms with E-state index in [-0.39, 0.29) is 18.2 Å². The number of carbonyl (C=O) groups excluding carboxylic acids is 1. The summed E-state index contributed by atoms with van der Waals surface area (Å²) in [6.45, 7) is 4.69. The lowest BCUT2D eigenvalue weighted by atomic mass is 10.0. The van der Waals surface area contributed by atoms with Gasteiger partial charge in [-0.05, 0) is 49.7 Å². The van der Waals surface area contributed by atoms with Gasteiger partial charge in [0.05, 0.1) is 25.4 Å². The zero-order valence-corrected chi connectivity index (χ0v) is 18.4. The molecule has 2 heterocycles. The van der Waals surface area contributed by atoms with Crippen molar-refractivity contribution in [3.8, 4) is 5.75 Å². The van der Waals surface area contributed by atoms with Crippen molar-refractivity contribution >= 4 is 28.4 Å². The van der Waals surface area contributed by atoms with E-state index in [4.69, 9.17) is 20.8 Å². The van der Waals surface area contributed by atoms with Gasteiger partial charge >= 0.3 is 0 Å². The third-order valence-corrected chi connectivity index (χ3v) is 5.54. The molecule has 0 N–H and O–H groups in total. The molecular formula is C25H23ClN2O3. The number of hydrogen-bond donors (Lipinski definition) is 0. The van der Waals surface area contributed by atoms with E-state index in [0.717, 1.165) is 33.2 Å². The third-order valence-electron chi connectivity index (χ3n) is 5.21. The molecule has 0 atom stereocenters. The van der Waals surface area contributed by atoms with Crippen molar-refractivity contribution in [1.29, 1.82) is 0 Å². The number of ether oxygens (including phenoxy) is 1. The zero-order chi connectivity index (χ0) is 22.0. The Morgan fingerprint density at radius 2 is 1.84 bits per heavy atom. The second kappa shape index (κ2) is 8.82. The summed E-state index contributed by atoms with van der Waals surface area (Å²) in [7, 11) is 1.62. The number of aromatic nitrogens is 1. The Morgan fingerprint density at radius 1 is 1.06 bits per heavy atom. The van der Waals surface area contributed by atoms with Crippen LogP contribution in [0, 0.1) is 13.8 Å². The Kier molecular flexibility index (Phi) is 5.96. The Morgan fingerprint density at radius 3 is 2.58 bits per heavy atom. The number of furan rings is 1. The minimum atomic E-state index is -0.229. The van der Waals surface area contributed by atoms with Crippen LogP contribution < -0.4 is 4.74 Å². The minimum absolute atomic E-state index is 0.229. The summed E-state index contributed by atoms with van der Waals surface area (Å²) < 4.78 is 10.8. The van der Waals surface area contributed by atoms with Crippen molar-refractivity contribution in [2.75, 3.05) is 7.11 Å². The SMILES string of the molecule is COc1ccccc1CN(Cc1cc2cc(C)cc(C)c2nc1Cl)C(=O)c1ccco1. The van der Waals surface area contributed by atoms with Gasteiger partial charge in [0.1, 0.15) is 10.9 Å². The molecule has 0 saturated heterocycles. The number of aryl methyl sites for hydroxylation is 2. The molecule has 1 amide bonds. The Hall–Kier alpha value is -3.31. The maximum absolute atomic E-state index is 13.2. The van der Waals surface area contributed by atoms with E-state index in [2.05, 4.69) is 24.0 Å². The number of hydrogen-bond acceptors (Lipinski definition) is 4. The van der Waals surface area contributed by atoms with Crippen LogP contribution in [0.2, 0.25) is 5.15 Å². The van der Waals surface area contributed by atoms with E-state index in [0.29, 0.717) is 17.4 Å². The topological polar surface area (TPSA) is 55.6 Å². The van der Waals surface area contributed by atoms with Gasteiger partial charge in [-0.2, -0.15) is 0 Å². The Labute approximate surface area is 186 Å². The fourth-order valence-corrected chi connectivity index (χ4v) is 3.98. The summed E-state index contributed by atoms with van der Waals surface area (Å²) in [5, 5.41) is 1.39. The second-order valence-electron chi connectivity index (χ2n) is 7.54. The molecule has 0 aliphatic rings. The highest BCUT2D eigenvalue weighted by Crippen LogP contribution is 2.27. The quantitative estimate of drug-likeness (QED) is 0.352. The first-order chi connectivity index (χ1) is 15.0. The molecule has 0 aliphatic heterocycles. The minimum Gasteiger partial charge on any atom is -0.496 e. The van der Waals surface area contributed by atoms with Crippen LogP contribution in [0.3, 0.4) is 0 Å². The van der Waals surface area contributed by atoms with Crippen molar-refractivity contribution in [3.63, 3.8) is 0 Å². The maximum Gasteiger partial charge on any atom is 0.290 e. The predicted molar refractivity (Wildman–Crippen MR) is 122 cm³/mol. The van der Waals surface area contributed by atoms with Gasteiger partial charge in [0.25, 0.3) is 5.91 Å². The number of rotatable bonds is 6. The molecule has 0 saturated carbocycles. The molecule has 2 aromatic carbocycles. The number of carbonyl (C=O) groups is 1. The Bertz CT molecular complexity index is 1240. The molecule has 0 aliphatic carbocycles. The molecule has 0 bridgehead atoms. The molecule has 0 unspecified atom stereocenters. The first-order valence-electron chi connectivity index (χ1n) is 9.97. The molecular weight excluding hydrogens is 412 g/mol. The number of fused-ring (bicyclic) bond motifs is 1. The van der Waals surface area contributed by atoms with Crippen molar-refractivity contribution in [1.82, 2.24) is 9.88 Å². The average Bonchev–Trinajstić information content (AvgIpc) is 3.29. The zero-order valence-electron chi connectivity index (χ0n) is 17.7. The van der Waals surface area contributed by atoms with E-state index in [1.54, 1.807) is 24.1 Å². The van der Waals surface area contributed by atoms with Gasteiger partial charge < -0.3 is 14.1 Å². The number of amides is 1. The van der Waals surface area contributed by atoms with Crippen molar-refractivity contribution in [3.05, 3.63) is 94.0 Å². The highest BCUT2D eigenvalue weighted by Gasteiger charge is 2.22. The van der Waals surface area contributed by atoms with Gasteiger partial charge in [-0.25, -0.2) is 4.98 Å². The number of para-hydroxylation sites is 1. The fourth-order valence-electron chi connectivity index (χ4n) is 3.78. The summed E-state index contributed by atoms with van der Waals surface area (Å²) >= 11 is 6.55. The van der Waals surface area contributed by atoms with Crippen LogP contribution in [0.4, 0.5) is 0 Å². The summed E-state index contributed by atoms with van der Waals surface area (Å²) in [5.74, 6) is 0.757. The number of methoxy groups -OCH3 is 1. The summed E-state index contributed by atoms with van der Waals surface area (Å²) in [4.78, 5) is 19.5. The monoisotopic (exact) mass is 434 g/mol. The number of benzene rings is 2. The van der Waals surface area contributed by atoms with Crippen LogP contribution in [-0.4, -0.2) is 22.9 Å². The van der Waals surface area contributed by atoms with E-state index in [9.17, 15) is 4.79 Å². The van der Waals surface area contributed by atoms with Crippen molar-refractivity contribution < 1.29 is 13.9 Å². The molecule has 0 spiro atoms. The van der Waals surface area contributed by atoms with Crippen LogP contribution in [0.25, 0.3) is 10.9 Å². The molecule has 31 heavy (non-hydrogen) atoms. The lowest BCUT2D eigenvalue weighted by Gasteiger charge is -2.23. The van der Waals surface area contributed by atoms with Gasteiger partial charge in [0, 0.05) is 23.1 Å². The van der Waals surface area contributed by atoms with Crippen LogP contribution in [-0.2, 0) is 13.1 Å². The van der Waals surface area contributed by atoms with Crippen LogP contribution in [0.1, 0.15) is 32.8 Å². The second-order valence-corrected chi connectivity index (χ2v) is 7.90. The lowest BCUT2D eigenvalue weighted by Crippen LogP contribution is -2.30. The summed E-state index contributed by atoms with van der Waals surface area (Å²) in [6, 6.07) is 17.2. The molecule has 5 nitrogen and oxygen atoms in total.